The fraction of sp³-hybridized carbons (Fsp3) is 0.417. The molecule has 7 nitrogen and oxygen atoms in total. The summed E-state index contributed by atoms with van der Waals surface area (Å²) in [6.07, 6.45) is 5.25. The van der Waals surface area contributed by atoms with Gasteiger partial charge in [0.15, 0.2) is 17.4 Å². The van der Waals surface area contributed by atoms with Crippen LogP contribution in [0.2, 0.25) is 0 Å². The molecule has 3 aliphatic rings. The van der Waals surface area contributed by atoms with Crippen molar-refractivity contribution in [3.63, 3.8) is 0 Å². The Hall–Kier alpha value is -3.36. The molecule has 0 unspecified atom stereocenters. The van der Waals surface area contributed by atoms with Gasteiger partial charge in [0.05, 0.1) is 0 Å². The minimum atomic E-state index is -1.15. The van der Waals surface area contributed by atoms with Crippen LogP contribution in [0.4, 0.5) is 8.78 Å². The summed E-state index contributed by atoms with van der Waals surface area (Å²) in [5.74, 6) is -2.81. The van der Waals surface area contributed by atoms with E-state index in [1.54, 1.807) is 0 Å². The molecule has 2 aromatic heterocycles. The summed E-state index contributed by atoms with van der Waals surface area (Å²) in [5.41, 5.74) is 1.20. The van der Waals surface area contributed by atoms with Crippen molar-refractivity contribution in [3.05, 3.63) is 59.1 Å². The largest absolute Gasteiger partial charge is 0.503 e. The third-order valence-electron chi connectivity index (χ3n) is 7.30. The maximum Gasteiger partial charge on any atom is 0.251 e. The van der Waals surface area contributed by atoms with E-state index in [1.807, 2.05) is 25.1 Å². The van der Waals surface area contributed by atoms with E-state index in [-0.39, 0.29) is 16.4 Å². The number of nitrogens with one attached hydrogen (secondary N) is 1. The average Bonchev–Trinajstić information content (AvgIpc) is 3.33. The second kappa shape index (κ2) is 7.90. The molecule has 3 aromatic rings. The molecular weight excluding hydrogens is 430 g/mol. The highest BCUT2D eigenvalue weighted by atomic mass is 19.1. The fourth-order valence-corrected chi connectivity index (χ4v) is 5.13. The van der Waals surface area contributed by atoms with Crippen molar-refractivity contribution in [1.82, 2.24) is 20.4 Å². The molecule has 2 heterocycles. The summed E-state index contributed by atoms with van der Waals surface area (Å²) in [6.45, 7) is 2.34. The summed E-state index contributed by atoms with van der Waals surface area (Å²) in [6, 6.07) is 7.37. The normalized spacial score (nSPS) is 24.1. The van der Waals surface area contributed by atoms with Gasteiger partial charge in [0.2, 0.25) is 11.7 Å². The second-order valence-electron chi connectivity index (χ2n) is 9.34. The van der Waals surface area contributed by atoms with E-state index in [4.69, 9.17) is 4.52 Å². The predicted octanol–water partition coefficient (Wildman–Crippen LogP) is 4.45. The molecule has 0 saturated heterocycles. The van der Waals surface area contributed by atoms with Gasteiger partial charge in [-0.2, -0.15) is 4.98 Å². The summed E-state index contributed by atoms with van der Waals surface area (Å²) < 4.78 is 32.8. The van der Waals surface area contributed by atoms with Crippen molar-refractivity contribution in [1.29, 1.82) is 0 Å². The van der Waals surface area contributed by atoms with Crippen molar-refractivity contribution in [2.75, 3.05) is 6.54 Å². The average molecular weight is 454 g/mol. The maximum absolute atomic E-state index is 13.6. The molecule has 0 radical (unpaired) electrons. The van der Waals surface area contributed by atoms with Crippen LogP contribution in [0.1, 0.15) is 60.5 Å². The number of hydrogen-bond acceptors (Lipinski definition) is 6. The van der Waals surface area contributed by atoms with E-state index in [0.717, 1.165) is 56.4 Å². The third-order valence-corrected chi connectivity index (χ3v) is 7.30. The van der Waals surface area contributed by atoms with Gasteiger partial charge in [-0.3, -0.25) is 4.79 Å². The molecule has 3 fully saturated rings. The lowest BCUT2D eigenvalue weighted by molar-refractivity contribution is 0.0229. The lowest BCUT2D eigenvalue weighted by Gasteiger charge is -2.51. The van der Waals surface area contributed by atoms with Crippen LogP contribution >= 0.6 is 0 Å². The third kappa shape index (κ3) is 3.85. The Morgan fingerprint density at radius 2 is 1.76 bits per heavy atom. The number of nitrogens with zero attached hydrogens (tertiary/aromatic N) is 3. The van der Waals surface area contributed by atoms with Gasteiger partial charge >= 0.3 is 0 Å². The molecule has 33 heavy (non-hydrogen) atoms. The van der Waals surface area contributed by atoms with Gasteiger partial charge in [0, 0.05) is 23.2 Å². The number of rotatable bonds is 5. The molecule has 172 valence electrons. The highest BCUT2D eigenvalue weighted by molar-refractivity contribution is 5.94. The minimum absolute atomic E-state index is 0.0631. The SMILES string of the molecule is Cc1cccc(-c2noc([C@]34CC[C@](CNC(=O)c5cc(F)c(O)c(F)c5)(CC3)CC4)n2)n1. The van der Waals surface area contributed by atoms with Gasteiger partial charge in [0.25, 0.3) is 5.91 Å². The molecule has 3 saturated carbocycles. The molecule has 1 amide bonds. The number of carbonyl (C=O) groups is 1. The second-order valence-corrected chi connectivity index (χ2v) is 9.34. The lowest BCUT2D eigenvalue weighted by atomic mass is 9.53. The van der Waals surface area contributed by atoms with Gasteiger partial charge in [-0.25, -0.2) is 13.8 Å². The van der Waals surface area contributed by atoms with E-state index in [0.29, 0.717) is 24.0 Å². The van der Waals surface area contributed by atoms with E-state index < -0.39 is 23.3 Å². The number of pyridine rings is 1. The number of phenols is 1. The fourth-order valence-electron chi connectivity index (χ4n) is 5.13. The standard InChI is InChI=1S/C24H24F2N4O3/c1-14-3-2-4-18(28-14)20-29-22(33-30-20)24-8-5-23(6-9-24,7-10-24)13-27-21(32)15-11-16(25)19(31)17(26)12-15/h2-4,11-12,31H,5-10,13H2,1H3,(H,27,32)/t23-,24+. The van der Waals surface area contributed by atoms with Gasteiger partial charge in [-0.05, 0) is 75.1 Å². The van der Waals surface area contributed by atoms with Crippen LogP contribution in [-0.2, 0) is 5.41 Å². The number of aromatic hydroxyl groups is 1. The van der Waals surface area contributed by atoms with Crippen LogP contribution in [0.15, 0.2) is 34.9 Å². The van der Waals surface area contributed by atoms with E-state index in [1.165, 1.54) is 0 Å². The van der Waals surface area contributed by atoms with Crippen molar-refractivity contribution in [2.45, 2.75) is 50.9 Å². The predicted molar refractivity (Wildman–Crippen MR) is 114 cm³/mol. The number of aromatic nitrogens is 3. The van der Waals surface area contributed by atoms with Gasteiger partial charge in [0.1, 0.15) is 5.69 Å². The summed E-state index contributed by atoms with van der Waals surface area (Å²) in [5, 5.41) is 16.2. The van der Waals surface area contributed by atoms with Crippen molar-refractivity contribution < 1.29 is 23.2 Å². The quantitative estimate of drug-likeness (QED) is 0.591. The first-order chi connectivity index (χ1) is 15.8. The number of amides is 1. The van der Waals surface area contributed by atoms with Crippen LogP contribution in [0.5, 0.6) is 5.75 Å². The van der Waals surface area contributed by atoms with E-state index in [2.05, 4.69) is 20.4 Å². The van der Waals surface area contributed by atoms with Gasteiger partial charge in [-0.15, -0.1) is 0 Å². The highest BCUT2D eigenvalue weighted by Crippen LogP contribution is 2.57. The van der Waals surface area contributed by atoms with Crippen molar-refractivity contribution in [3.8, 4) is 17.3 Å². The summed E-state index contributed by atoms with van der Waals surface area (Å²) >= 11 is 0. The van der Waals surface area contributed by atoms with Crippen LogP contribution in [0.25, 0.3) is 11.5 Å². The zero-order valence-corrected chi connectivity index (χ0v) is 18.2. The number of hydrogen-bond donors (Lipinski definition) is 2. The molecule has 0 spiro atoms. The first-order valence-corrected chi connectivity index (χ1v) is 11.0. The van der Waals surface area contributed by atoms with E-state index in [9.17, 15) is 18.7 Å². The first-order valence-electron chi connectivity index (χ1n) is 11.0. The van der Waals surface area contributed by atoms with Gasteiger partial charge in [-0.1, -0.05) is 11.2 Å². The number of fused-ring (bicyclic) bond motifs is 3. The number of benzene rings is 1. The first kappa shape index (κ1) is 21.5. The van der Waals surface area contributed by atoms with Crippen LogP contribution in [-0.4, -0.2) is 32.7 Å². The van der Waals surface area contributed by atoms with Crippen LogP contribution in [0.3, 0.4) is 0 Å². The smallest absolute Gasteiger partial charge is 0.251 e. The van der Waals surface area contributed by atoms with E-state index >= 15 is 0 Å². The van der Waals surface area contributed by atoms with Gasteiger partial charge < -0.3 is 14.9 Å². The number of halogens is 2. The maximum atomic E-state index is 13.6. The molecule has 9 heteroatoms. The molecule has 0 atom stereocenters. The number of phenolic OH excluding ortho intramolecular Hbond substituents is 1. The molecule has 3 aliphatic carbocycles. The van der Waals surface area contributed by atoms with Crippen molar-refractivity contribution >= 4 is 5.91 Å². The molecule has 2 N–H and O–H groups in total. The summed E-state index contributed by atoms with van der Waals surface area (Å²) in [7, 11) is 0. The molecule has 1 aromatic carbocycles. The zero-order chi connectivity index (χ0) is 23.2. The Bertz CT molecular complexity index is 1180. The Morgan fingerprint density at radius 1 is 1.09 bits per heavy atom. The zero-order valence-electron chi connectivity index (χ0n) is 18.2. The molecule has 2 bridgehead atoms. The monoisotopic (exact) mass is 454 g/mol. The minimum Gasteiger partial charge on any atom is -0.503 e. The Balaban J connectivity index is 1.25. The number of carbonyl (C=O) groups excluding carboxylic acids is 1. The van der Waals surface area contributed by atoms with Crippen LogP contribution in [0, 0.1) is 24.0 Å². The Kier molecular flexibility index (Phi) is 5.14. The Labute approximate surface area is 189 Å². The summed E-state index contributed by atoms with van der Waals surface area (Å²) in [4.78, 5) is 21.6. The Morgan fingerprint density at radius 3 is 2.39 bits per heavy atom. The van der Waals surface area contributed by atoms with Crippen molar-refractivity contribution in [2.24, 2.45) is 5.41 Å². The highest BCUT2D eigenvalue weighted by Gasteiger charge is 2.52. The van der Waals surface area contributed by atoms with Crippen LogP contribution < -0.4 is 5.32 Å². The molecular formula is C24H24F2N4O3. The molecule has 6 rings (SSSR count). The lowest BCUT2D eigenvalue weighted by Crippen LogP contribution is -2.49. The number of aryl methyl sites for hydroxylation is 1. The topological polar surface area (TPSA) is 101 Å². The molecule has 0 aliphatic heterocycles.